The van der Waals surface area contributed by atoms with E-state index in [0.717, 1.165) is 36.1 Å². The predicted octanol–water partition coefficient (Wildman–Crippen LogP) is 4.00. The average molecular weight is 312 g/mol. The Labute approximate surface area is 134 Å². The summed E-state index contributed by atoms with van der Waals surface area (Å²) in [6.07, 6.45) is 3.19. The van der Waals surface area contributed by atoms with Gasteiger partial charge >= 0.3 is 5.63 Å². The van der Waals surface area contributed by atoms with Gasteiger partial charge in [-0.3, -0.25) is 0 Å². The maximum atomic E-state index is 11.6. The predicted molar refractivity (Wildman–Crippen MR) is 86.3 cm³/mol. The van der Waals surface area contributed by atoms with E-state index in [2.05, 4.69) is 20.8 Å². The van der Waals surface area contributed by atoms with Crippen molar-refractivity contribution < 1.29 is 13.9 Å². The Kier molecular flexibility index (Phi) is 2.29. The van der Waals surface area contributed by atoms with E-state index in [1.165, 1.54) is 11.6 Å². The van der Waals surface area contributed by atoms with Crippen molar-refractivity contribution in [1.29, 1.82) is 0 Å². The molecule has 3 heterocycles. The molecule has 1 aromatic heterocycles. The normalized spacial score (nSPS) is 33.0. The quantitative estimate of drug-likeness (QED) is 0.690. The Morgan fingerprint density at radius 2 is 2.00 bits per heavy atom. The van der Waals surface area contributed by atoms with Gasteiger partial charge in [-0.2, -0.15) is 0 Å². The Balaban J connectivity index is 1.88. The summed E-state index contributed by atoms with van der Waals surface area (Å²) in [4.78, 5) is 11.6. The van der Waals surface area contributed by atoms with Gasteiger partial charge in [0.2, 0.25) is 0 Å². The van der Waals surface area contributed by atoms with E-state index in [1.807, 2.05) is 12.1 Å². The second-order valence-electron chi connectivity index (χ2n) is 8.00. The molecule has 0 saturated heterocycles. The van der Waals surface area contributed by atoms with Gasteiger partial charge in [0.1, 0.15) is 28.3 Å². The Morgan fingerprint density at radius 1 is 1.17 bits per heavy atom. The highest BCUT2D eigenvalue weighted by atomic mass is 16.5. The molecule has 1 saturated carbocycles. The van der Waals surface area contributed by atoms with Crippen LogP contribution in [-0.4, -0.2) is 11.2 Å². The molecule has 0 N–H and O–H groups in total. The Hall–Kier alpha value is -1.97. The first kappa shape index (κ1) is 13.5. The largest absolute Gasteiger partial charge is 0.487 e. The minimum Gasteiger partial charge on any atom is -0.487 e. The second-order valence-corrected chi connectivity index (χ2v) is 8.00. The summed E-state index contributed by atoms with van der Waals surface area (Å²) in [5, 5.41) is 0.868. The molecule has 2 aromatic rings. The zero-order chi connectivity index (χ0) is 16.0. The highest BCUT2D eigenvalue weighted by molar-refractivity contribution is 5.88. The zero-order valence-electron chi connectivity index (χ0n) is 13.6. The lowest BCUT2D eigenvalue weighted by Crippen LogP contribution is -2.53. The van der Waals surface area contributed by atoms with E-state index < -0.39 is 0 Å². The fraction of sp³-hybridized carbons (Fsp3) is 0.526. The van der Waals surface area contributed by atoms with Crippen LogP contribution in [0.2, 0.25) is 0 Å². The van der Waals surface area contributed by atoms with E-state index in [1.54, 1.807) is 0 Å². The van der Waals surface area contributed by atoms with Crippen LogP contribution in [0.25, 0.3) is 11.0 Å². The van der Waals surface area contributed by atoms with Crippen molar-refractivity contribution in [3.05, 3.63) is 34.2 Å². The van der Waals surface area contributed by atoms with Gasteiger partial charge < -0.3 is 13.9 Å². The van der Waals surface area contributed by atoms with Crippen molar-refractivity contribution in [2.24, 2.45) is 5.92 Å². The molecular weight excluding hydrogens is 292 g/mol. The number of ether oxygens (including phenoxy) is 2. The topological polar surface area (TPSA) is 48.7 Å². The minimum atomic E-state index is -0.347. The first-order chi connectivity index (χ1) is 10.9. The summed E-state index contributed by atoms with van der Waals surface area (Å²) in [5.41, 5.74) is 1.02. The van der Waals surface area contributed by atoms with Gasteiger partial charge in [0, 0.05) is 29.5 Å². The van der Waals surface area contributed by atoms with Crippen molar-refractivity contribution in [2.75, 3.05) is 0 Å². The second kappa shape index (κ2) is 3.92. The fourth-order valence-electron chi connectivity index (χ4n) is 4.93. The van der Waals surface area contributed by atoms with E-state index in [0.29, 0.717) is 17.4 Å². The van der Waals surface area contributed by atoms with E-state index in [4.69, 9.17) is 13.9 Å². The van der Waals surface area contributed by atoms with Gasteiger partial charge in [0.05, 0.1) is 5.39 Å². The summed E-state index contributed by atoms with van der Waals surface area (Å²) in [6.45, 7) is 6.55. The first-order valence-corrected chi connectivity index (χ1v) is 8.35. The molecule has 23 heavy (non-hydrogen) atoms. The van der Waals surface area contributed by atoms with Crippen LogP contribution in [0.3, 0.4) is 0 Å². The summed E-state index contributed by atoms with van der Waals surface area (Å²) >= 11 is 0. The number of fused-ring (bicyclic) bond motifs is 3. The fourth-order valence-corrected chi connectivity index (χ4v) is 4.93. The highest BCUT2D eigenvalue weighted by Gasteiger charge is 2.54. The first-order valence-electron chi connectivity index (χ1n) is 8.35. The van der Waals surface area contributed by atoms with Crippen LogP contribution in [0.1, 0.15) is 51.5 Å². The molecule has 120 valence electrons. The lowest BCUT2D eigenvalue weighted by Gasteiger charge is -2.55. The van der Waals surface area contributed by atoms with Gasteiger partial charge in [-0.1, -0.05) is 0 Å². The van der Waals surface area contributed by atoms with E-state index in [9.17, 15) is 4.79 Å². The van der Waals surface area contributed by atoms with E-state index >= 15 is 0 Å². The molecule has 3 aliphatic rings. The Bertz CT molecular complexity index is 894. The number of benzene rings is 1. The van der Waals surface area contributed by atoms with Crippen molar-refractivity contribution in [2.45, 2.75) is 57.2 Å². The molecule has 2 aliphatic heterocycles. The molecule has 2 bridgehead atoms. The smallest absolute Gasteiger partial charge is 0.336 e. The molecule has 1 aliphatic carbocycles. The molecule has 0 radical (unpaired) electrons. The third-order valence-electron chi connectivity index (χ3n) is 5.99. The SMILES string of the molecule is CC12CCC3C(C1)c1c(cc4oc(=O)ccc4c1OC3(C)C)O2. The van der Waals surface area contributed by atoms with Gasteiger partial charge in [0.25, 0.3) is 0 Å². The van der Waals surface area contributed by atoms with Gasteiger partial charge in [0.15, 0.2) is 0 Å². The van der Waals surface area contributed by atoms with Crippen molar-refractivity contribution in [3.63, 3.8) is 0 Å². The molecule has 4 heteroatoms. The van der Waals surface area contributed by atoms with Crippen LogP contribution >= 0.6 is 0 Å². The average Bonchev–Trinajstić information content (AvgIpc) is 2.44. The third kappa shape index (κ3) is 1.69. The molecular formula is C19H20O4. The molecule has 5 rings (SSSR count). The number of hydrogen-bond acceptors (Lipinski definition) is 4. The van der Waals surface area contributed by atoms with Gasteiger partial charge in [-0.05, 0) is 46.1 Å². The molecule has 0 spiro atoms. The standard InChI is InChI=1S/C19H20O4/c1-18(2)12-6-7-19(3)9-11(12)16-14(22-19)8-13-10(17(16)23-18)4-5-15(20)21-13/h4-5,8,11-12H,6-7,9H2,1-3H3. The maximum absolute atomic E-state index is 11.6. The monoisotopic (exact) mass is 312 g/mol. The van der Waals surface area contributed by atoms with Crippen molar-refractivity contribution in [1.82, 2.24) is 0 Å². The molecule has 0 amide bonds. The van der Waals surface area contributed by atoms with Crippen LogP contribution in [0, 0.1) is 5.92 Å². The summed E-state index contributed by atoms with van der Waals surface area (Å²) < 4.78 is 18.2. The van der Waals surface area contributed by atoms with Gasteiger partial charge in [-0.15, -0.1) is 0 Å². The Morgan fingerprint density at radius 3 is 2.83 bits per heavy atom. The number of rotatable bonds is 0. The van der Waals surface area contributed by atoms with Crippen LogP contribution < -0.4 is 15.1 Å². The maximum Gasteiger partial charge on any atom is 0.336 e. The lowest BCUT2D eigenvalue weighted by molar-refractivity contribution is -0.0718. The van der Waals surface area contributed by atoms with Crippen molar-refractivity contribution >= 4 is 11.0 Å². The van der Waals surface area contributed by atoms with Crippen LogP contribution in [0.15, 0.2) is 27.4 Å². The summed E-state index contributed by atoms with van der Waals surface area (Å²) in [5.74, 6) is 2.63. The molecule has 1 aromatic carbocycles. The highest BCUT2D eigenvalue weighted by Crippen LogP contribution is 2.61. The van der Waals surface area contributed by atoms with Crippen molar-refractivity contribution in [3.8, 4) is 11.5 Å². The molecule has 4 nitrogen and oxygen atoms in total. The molecule has 3 unspecified atom stereocenters. The third-order valence-corrected chi connectivity index (χ3v) is 5.99. The van der Waals surface area contributed by atoms with E-state index in [-0.39, 0.29) is 16.8 Å². The van der Waals surface area contributed by atoms with Crippen LogP contribution in [0.4, 0.5) is 0 Å². The zero-order valence-corrected chi connectivity index (χ0v) is 13.6. The van der Waals surface area contributed by atoms with Gasteiger partial charge in [-0.25, -0.2) is 4.79 Å². The lowest BCUT2D eigenvalue weighted by atomic mass is 9.61. The molecule has 1 fully saturated rings. The summed E-state index contributed by atoms with van der Waals surface area (Å²) in [6, 6.07) is 5.15. The summed E-state index contributed by atoms with van der Waals surface area (Å²) in [7, 11) is 0. The minimum absolute atomic E-state index is 0.123. The van der Waals surface area contributed by atoms with Crippen LogP contribution in [-0.2, 0) is 0 Å². The molecule has 3 atom stereocenters. The number of hydrogen-bond donors (Lipinski definition) is 0. The van der Waals surface area contributed by atoms with Crippen LogP contribution in [0.5, 0.6) is 11.5 Å².